The first kappa shape index (κ1) is 65.9. The van der Waals surface area contributed by atoms with Gasteiger partial charge >= 0.3 is 16.5 Å². The van der Waals surface area contributed by atoms with Crippen molar-refractivity contribution in [2.45, 2.75) is 0 Å². The van der Waals surface area contributed by atoms with E-state index in [9.17, 15) is 0 Å². The smallest absolute Gasteiger partial charge is 0.412 e. The minimum Gasteiger partial charge on any atom is -0.412 e. The first-order chi connectivity index (χ1) is 4.00. The summed E-state index contributed by atoms with van der Waals surface area (Å²) < 4.78 is 67.9. The molecule has 0 atom stereocenters. The predicted octanol–water partition coefficient (Wildman–Crippen LogP) is -14.5. The summed E-state index contributed by atoms with van der Waals surface area (Å²) >= 11 is 0. The summed E-state index contributed by atoms with van der Waals surface area (Å²) in [6.07, 6.45) is 0. The van der Waals surface area contributed by atoms with Crippen LogP contribution in [-0.2, 0) is 16.5 Å². The average Bonchev–Trinajstić information content (AvgIpc) is 1.12. The molecule has 17 heavy (non-hydrogen) atoms. The van der Waals surface area contributed by atoms with E-state index in [0.717, 1.165) is 0 Å². The molecule has 17 heteroatoms. The van der Waals surface area contributed by atoms with E-state index in [2.05, 4.69) is 0 Å². The van der Waals surface area contributed by atoms with Crippen LogP contribution < -0.4 is 37.3 Å². The van der Waals surface area contributed by atoms with E-state index in [1.165, 1.54) is 0 Å². The molecule has 0 aromatic rings. The van der Waals surface area contributed by atoms with Gasteiger partial charge in [-0.25, -0.2) is 37.3 Å². The molecule has 0 bridgehead atoms. The quantitative estimate of drug-likeness (QED) is 0.369. The minimum absolute atomic E-state index is 0. The van der Waals surface area contributed by atoms with Crippen LogP contribution in [0.3, 0.4) is 0 Å². The Bertz CT molecular complexity index is 57.2. The maximum atomic E-state index is 8.49. The van der Waals surface area contributed by atoms with Crippen LogP contribution in [0.15, 0.2) is 0 Å². The summed E-state index contributed by atoms with van der Waals surface area (Å²) in [5.41, 5.74) is 0. The molecular formula is H12Cl2NiO14. The molecule has 0 radical (unpaired) electrons. The minimum atomic E-state index is -4.94. The van der Waals surface area contributed by atoms with Gasteiger partial charge in [0.15, 0.2) is 0 Å². The maximum Gasteiger partial charge on any atom is 2.00 e. The van der Waals surface area contributed by atoms with Crippen molar-refractivity contribution in [3.63, 3.8) is 0 Å². The zero-order valence-corrected chi connectivity index (χ0v) is 9.84. The van der Waals surface area contributed by atoms with E-state index in [1.54, 1.807) is 0 Å². The number of rotatable bonds is 0. The van der Waals surface area contributed by atoms with Crippen molar-refractivity contribution >= 4 is 0 Å². The van der Waals surface area contributed by atoms with Gasteiger partial charge in [0.2, 0.25) is 0 Å². The zero-order chi connectivity index (χ0) is 9.00. The molecule has 0 spiro atoms. The van der Waals surface area contributed by atoms with Crippen LogP contribution in [0.1, 0.15) is 0 Å². The third kappa shape index (κ3) is 13200. The second kappa shape index (κ2) is 25.4. The molecule has 0 unspecified atom stereocenters. The molecule has 0 aromatic carbocycles. The van der Waals surface area contributed by atoms with Crippen LogP contribution in [0.4, 0.5) is 0 Å². The van der Waals surface area contributed by atoms with Gasteiger partial charge in [0.25, 0.3) is 0 Å². The fraction of sp³-hybridized carbons (Fsp3) is 0. The standard InChI is InChI=1S/2ClHO4.Ni.6H2O/c2*2-1(3,4)5;;;;;;;/h2*(H,2,3,4,5);;6*1H2/q;;+2;;;;;;/p-2. The molecule has 0 fully saturated rings. The predicted molar refractivity (Wildman–Crippen MR) is 21.7 cm³/mol. The summed E-state index contributed by atoms with van der Waals surface area (Å²) in [5.74, 6) is 0. The summed E-state index contributed by atoms with van der Waals surface area (Å²) in [5, 5.41) is 0. The maximum absolute atomic E-state index is 8.49. The van der Waals surface area contributed by atoms with Gasteiger partial charge in [-0.15, -0.1) is 20.5 Å². The van der Waals surface area contributed by atoms with Crippen LogP contribution in [0.25, 0.3) is 0 Å². The summed E-state index contributed by atoms with van der Waals surface area (Å²) in [4.78, 5) is 0. The summed E-state index contributed by atoms with van der Waals surface area (Å²) in [7, 11) is -9.89. The number of hydrogen-bond donors (Lipinski definition) is 0. The van der Waals surface area contributed by atoms with Gasteiger partial charge in [0, 0.05) is 0 Å². The van der Waals surface area contributed by atoms with Crippen LogP contribution >= 0.6 is 0 Å². The fourth-order valence-corrected chi connectivity index (χ4v) is 0. The second-order valence-electron chi connectivity index (χ2n) is 0.756. The molecule has 0 saturated carbocycles. The Hall–Kier alpha value is 0.514. The SMILES string of the molecule is O.O.O.O.O.O.[Ni+2].[O-][Cl+3]([O-])([O-])[O-].[O-][Cl+3]([O-])([O-])[O-]. The number of hydrogen-bond acceptors (Lipinski definition) is 8. The Morgan fingerprint density at radius 3 is 0.353 bits per heavy atom. The first-order valence-electron chi connectivity index (χ1n) is 1.23. The Balaban J connectivity index is -0.00000000762. The van der Waals surface area contributed by atoms with Crippen molar-refractivity contribution < 1.29 is 107 Å². The van der Waals surface area contributed by atoms with Crippen molar-refractivity contribution in [1.29, 1.82) is 0 Å². The molecule has 0 rings (SSSR count). The normalized spacial score (nSPS) is 7.06. The topological polar surface area (TPSA) is 373 Å². The molecule has 0 aromatic heterocycles. The van der Waals surface area contributed by atoms with Crippen molar-refractivity contribution in [3.8, 4) is 0 Å². The van der Waals surface area contributed by atoms with Gasteiger partial charge in [-0.2, -0.15) is 0 Å². The Kier molecular flexibility index (Phi) is 98.4. The molecule has 14 nitrogen and oxygen atoms in total. The van der Waals surface area contributed by atoms with Crippen LogP contribution in [0.5, 0.6) is 0 Å². The monoisotopic (exact) mass is 364 g/mol. The summed E-state index contributed by atoms with van der Waals surface area (Å²) in [6, 6.07) is 0. The van der Waals surface area contributed by atoms with Gasteiger partial charge in [-0.1, -0.05) is 0 Å². The number of halogens is 2. The van der Waals surface area contributed by atoms with Crippen molar-refractivity contribution in [3.05, 3.63) is 0 Å². The Labute approximate surface area is 108 Å². The van der Waals surface area contributed by atoms with Crippen molar-refractivity contribution in [2.24, 2.45) is 0 Å². The first-order valence-corrected chi connectivity index (χ1v) is 3.70. The van der Waals surface area contributed by atoms with Crippen molar-refractivity contribution in [1.82, 2.24) is 0 Å². The molecule has 0 saturated heterocycles. The molecule has 0 aliphatic carbocycles. The molecule has 120 valence electrons. The van der Waals surface area contributed by atoms with Gasteiger partial charge in [0.1, 0.15) is 0 Å². The van der Waals surface area contributed by atoms with Gasteiger partial charge in [-0.3, -0.25) is 0 Å². The van der Waals surface area contributed by atoms with E-state index in [0.29, 0.717) is 0 Å². The van der Waals surface area contributed by atoms with Crippen LogP contribution in [-0.4, -0.2) is 32.9 Å². The molecule has 0 aliphatic heterocycles. The van der Waals surface area contributed by atoms with Gasteiger partial charge in [-0.05, 0) is 0 Å². The van der Waals surface area contributed by atoms with Crippen LogP contribution in [0, 0.1) is 20.5 Å². The van der Waals surface area contributed by atoms with Gasteiger partial charge in [0.05, 0.1) is 0 Å². The zero-order valence-electron chi connectivity index (χ0n) is 7.34. The summed E-state index contributed by atoms with van der Waals surface area (Å²) in [6.45, 7) is 0. The third-order valence-corrected chi connectivity index (χ3v) is 0. The molecule has 0 aliphatic rings. The Morgan fingerprint density at radius 2 is 0.353 bits per heavy atom. The van der Waals surface area contributed by atoms with E-state index < -0.39 is 20.5 Å². The van der Waals surface area contributed by atoms with Crippen molar-refractivity contribution in [2.75, 3.05) is 0 Å². The fourth-order valence-electron chi connectivity index (χ4n) is 0. The van der Waals surface area contributed by atoms with E-state index in [-0.39, 0.29) is 49.3 Å². The second-order valence-corrected chi connectivity index (χ2v) is 2.27. The molecule has 0 amide bonds. The Morgan fingerprint density at radius 1 is 0.353 bits per heavy atom. The van der Waals surface area contributed by atoms with E-state index in [4.69, 9.17) is 37.3 Å². The van der Waals surface area contributed by atoms with Crippen LogP contribution in [0.2, 0.25) is 0 Å². The molecule has 0 heterocycles. The van der Waals surface area contributed by atoms with E-state index in [1.807, 2.05) is 0 Å². The third-order valence-electron chi connectivity index (χ3n) is 0. The molecular weight excluding hydrogens is 354 g/mol. The molecule has 12 N–H and O–H groups in total. The average molecular weight is 366 g/mol. The van der Waals surface area contributed by atoms with Gasteiger partial charge < -0.3 is 32.9 Å². The van der Waals surface area contributed by atoms with E-state index >= 15 is 0 Å². The largest absolute Gasteiger partial charge is 2.00 e.